The lowest BCUT2D eigenvalue weighted by Gasteiger charge is -2.04. The molecule has 0 amide bonds. The van der Waals surface area contributed by atoms with Gasteiger partial charge < -0.3 is 15.8 Å². The maximum atomic E-state index is 12.9. The molecule has 4 N–H and O–H groups in total. The molecule has 0 aliphatic rings. The molecule has 0 spiro atoms. The number of nitrogens with two attached hydrogens (primary N) is 1. The zero-order chi connectivity index (χ0) is 9.30. The normalized spacial score (nSPS) is 10.0. The van der Waals surface area contributed by atoms with Gasteiger partial charge in [0, 0.05) is 5.46 Å². The Labute approximate surface area is 73.7 Å². The van der Waals surface area contributed by atoms with Crippen molar-refractivity contribution in [1.29, 1.82) is 0 Å². The van der Waals surface area contributed by atoms with E-state index >= 15 is 0 Å². The number of hydrogen-bond acceptors (Lipinski definition) is 3. The summed E-state index contributed by atoms with van der Waals surface area (Å²) >= 11 is 5.42. The van der Waals surface area contributed by atoms with Crippen molar-refractivity contribution >= 4 is 29.9 Å². The monoisotopic (exact) mass is 189 g/mol. The van der Waals surface area contributed by atoms with E-state index in [0.717, 1.165) is 0 Å². The van der Waals surface area contributed by atoms with Crippen LogP contribution < -0.4 is 11.2 Å². The van der Waals surface area contributed by atoms with Crippen LogP contribution in [0.3, 0.4) is 0 Å². The highest BCUT2D eigenvalue weighted by atomic mass is 35.5. The van der Waals surface area contributed by atoms with Gasteiger partial charge in [0.2, 0.25) is 0 Å². The number of benzene rings is 1. The maximum Gasteiger partial charge on any atom is 0.490 e. The maximum absolute atomic E-state index is 12.9. The molecule has 0 radical (unpaired) electrons. The Bertz CT molecular complexity index is 308. The van der Waals surface area contributed by atoms with Crippen molar-refractivity contribution in [3.05, 3.63) is 23.0 Å². The van der Waals surface area contributed by atoms with Gasteiger partial charge in [0.25, 0.3) is 0 Å². The topological polar surface area (TPSA) is 66.5 Å². The first-order valence-electron chi connectivity index (χ1n) is 3.13. The molecule has 3 nitrogen and oxygen atoms in total. The summed E-state index contributed by atoms with van der Waals surface area (Å²) in [5.74, 6) is -0.831. The average Bonchev–Trinajstić information content (AvgIpc) is 2.00. The van der Waals surface area contributed by atoms with Crippen molar-refractivity contribution in [1.82, 2.24) is 0 Å². The quantitative estimate of drug-likeness (QED) is 0.421. The van der Waals surface area contributed by atoms with E-state index in [4.69, 9.17) is 27.4 Å². The van der Waals surface area contributed by atoms with E-state index in [9.17, 15) is 4.39 Å². The van der Waals surface area contributed by atoms with Crippen LogP contribution in [0, 0.1) is 5.82 Å². The number of halogens is 2. The van der Waals surface area contributed by atoms with Crippen molar-refractivity contribution in [2.45, 2.75) is 0 Å². The Morgan fingerprint density at radius 1 is 1.42 bits per heavy atom. The Morgan fingerprint density at radius 2 is 2.00 bits per heavy atom. The fraction of sp³-hybridized carbons (Fsp3) is 0. The molecule has 0 saturated heterocycles. The molecular weight excluding hydrogens is 183 g/mol. The second kappa shape index (κ2) is 3.31. The van der Waals surface area contributed by atoms with Crippen LogP contribution in [-0.4, -0.2) is 17.2 Å². The molecule has 12 heavy (non-hydrogen) atoms. The van der Waals surface area contributed by atoms with Gasteiger partial charge in [-0.15, -0.1) is 0 Å². The SMILES string of the molecule is Nc1ccc(B(O)O)c(Cl)c1F. The van der Waals surface area contributed by atoms with Gasteiger partial charge in [0.15, 0.2) is 5.82 Å². The van der Waals surface area contributed by atoms with E-state index in [2.05, 4.69) is 0 Å². The van der Waals surface area contributed by atoms with Crippen LogP contribution in [-0.2, 0) is 0 Å². The molecule has 0 aliphatic carbocycles. The zero-order valence-electron chi connectivity index (χ0n) is 5.96. The third kappa shape index (κ3) is 1.53. The molecular formula is C6H6BClFNO2. The summed E-state index contributed by atoms with van der Waals surface area (Å²) in [6.07, 6.45) is 0. The van der Waals surface area contributed by atoms with E-state index in [1.54, 1.807) is 0 Å². The summed E-state index contributed by atoms with van der Waals surface area (Å²) in [6, 6.07) is 2.47. The highest BCUT2D eigenvalue weighted by Crippen LogP contribution is 2.17. The fourth-order valence-corrected chi connectivity index (χ4v) is 1.05. The second-order valence-corrected chi connectivity index (χ2v) is 2.62. The molecule has 0 heterocycles. The number of rotatable bonds is 1. The van der Waals surface area contributed by atoms with Gasteiger partial charge in [-0.25, -0.2) is 4.39 Å². The molecule has 0 unspecified atom stereocenters. The zero-order valence-corrected chi connectivity index (χ0v) is 6.72. The van der Waals surface area contributed by atoms with Gasteiger partial charge in [-0.1, -0.05) is 17.7 Å². The third-order valence-electron chi connectivity index (χ3n) is 1.42. The van der Waals surface area contributed by atoms with E-state index < -0.39 is 12.9 Å². The van der Waals surface area contributed by atoms with E-state index in [1.807, 2.05) is 0 Å². The van der Waals surface area contributed by atoms with Crippen molar-refractivity contribution in [2.75, 3.05) is 5.73 Å². The predicted octanol–water partition coefficient (Wildman–Crippen LogP) is -0.259. The van der Waals surface area contributed by atoms with E-state index in [0.29, 0.717) is 0 Å². The minimum atomic E-state index is -1.78. The average molecular weight is 189 g/mol. The minimum Gasteiger partial charge on any atom is -0.423 e. The summed E-state index contributed by atoms with van der Waals surface area (Å²) in [4.78, 5) is 0. The number of anilines is 1. The van der Waals surface area contributed by atoms with Crippen LogP contribution >= 0.6 is 11.6 Å². The Hall–Kier alpha value is -0.775. The molecule has 0 aliphatic heterocycles. The standard InChI is InChI=1S/C6H6BClFNO2/c8-5-3(7(11)12)1-2-4(10)6(5)9/h1-2,11-12H,10H2. The third-order valence-corrected chi connectivity index (χ3v) is 1.80. The lowest BCUT2D eigenvalue weighted by atomic mass is 9.80. The van der Waals surface area contributed by atoms with Crippen LogP contribution in [0.4, 0.5) is 10.1 Å². The van der Waals surface area contributed by atoms with Crippen LogP contribution in [0.5, 0.6) is 0 Å². The molecule has 0 bridgehead atoms. The Balaban J connectivity index is 3.27. The lowest BCUT2D eigenvalue weighted by Crippen LogP contribution is -2.31. The second-order valence-electron chi connectivity index (χ2n) is 2.25. The Morgan fingerprint density at radius 3 is 2.50 bits per heavy atom. The Kier molecular flexibility index (Phi) is 2.57. The molecule has 0 saturated carbocycles. The summed E-state index contributed by atoms with van der Waals surface area (Å²) in [7, 11) is -1.78. The number of nitrogen functional groups attached to an aromatic ring is 1. The first kappa shape index (κ1) is 9.31. The van der Waals surface area contributed by atoms with E-state index in [1.165, 1.54) is 12.1 Å². The molecule has 64 valence electrons. The van der Waals surface area contributed by atoms with Crippen LogP contribution in [0.1, 0.15) is 0 Å². The molecule has 1 rings (SSSR count). The minimum absolute atomic E-state index is 0.0941. The van der Waals surface area contributed by atoms with Gasteiger partial charge in [-0.2, -0.15) is 0 Å². The molecule has 0 aromatic heterocycles. The lowest BCUT2D eigenvalue weighted by molar-refractivity contribution is 0.425. The molecule has 1 aromatic rings. The van der Waals surface area contributed by atoms with Gasteiger partial charge in [0.05, 0.1) is 10.7 Å². The van der Waals surface area contributed by atoms with Gasteiger partial charge in [-0.3, -0.25) is 0 Å². The molecule has 0 fully saturated rings. The van der Waals surface area contributed by atoms with Crippen molar-refractivity contribution in [3.63, 3.8) is 0 Å². The van der Waals surface area contributed by atoms with Crippen LogP contribution in [0.2, 0.25) is 5.02 Å². The van der Waals surface area contributed by atoms with Crippen molar-refractivity contribution in [2.24, 2.45) is 0 Å². The highest BCUT2D eigenvalue weighted by Gasteiger charge is 2.18. The summed E-state index contributed by atoms with van der Waals surface area (Å²) < 4.78 is 12.9. The predicted molar refractivity (Wildman–Crippen MR) is 45.6 cm³/mol. The van der Waals surface area contributed by atoms with Crippen molar-refractivity contribution in [3.8, 4) is 0 Å². The van der Waals surface area contributed by atoms with Crippen LogP contribution in [0.25, 0.3) is 0 Å². The largest absolute Gasteiger partial charge is 0.490 e. The van der Waals surface area contributed by atoms with E-state index in [-0.39, 0.29) is 16.2 Å². The van der Waals surface area contributed by atoms with Gasteiger partial charge in [-0.05, 0) is 6.07 Å². The first-order valence-corrected chi connectivity index (χ1v) is 3.51. The fourth-order valence-electron chi connectivity index (χ4n) is 0.779. The molecule has 0 atom stereocenters. The summed E-state index contributed by atoms with van der Waals surface area (Å²) in [5, 5.41) is 17.0. The van der Waals surface area contributed by atoms with Crippen molar-refractivity contribution < 1.29 is 14.4 Å². The molecule has 6 heteroatoms. The van der Waals surface area contributed by atoms with Gasteiger partial charge in [0.1, 0.15) is 0 Å². The first-order chi connectivity index (χ1) is 5.54. The molecule has 1 aromatic carbocycles. The highest BCUT2D eigenvalue weighted by molar-refractivity contribution is 6.62. The summed E-state index contributed by atoms with van der Waals surface area (Å²) in [5.41, 5.74) is 4.95. The number of hydrogen-bond donors (Lipinski definition) is 3. The smallest absolute Gasteiger partial charge is 0.423 e. The van der Waals surface area contributed by atoms with Crippen LogP contribution in [0.15, 0.2) is 12.1 Å². The van der Waals surface area contributed by atoms with Gasteiger partial charge >= 0.3 is 7.12 Å². The summed E-state index contributed by atoms with van der Waals surface area (Å²) in [6.45, 7) is 0.